The van der Waals surface area contributed by atoms with Crippen molar-refractivity contribution in [3.05, 3.63) is 0 Å². The summed E-state index contributed by atoms with van der Waals surface area (Å²) in [5.41, 5.74) is 0.358. The molecule has 22 heavy (non-hydrogen) atoms. The van der Waals surface area contributed by atoms with E-state index in [0.29, 0.717) is 23.8 Å². The van der Waals surface area contributed by atoms with Crippen LogP contribution >= 0.6 is 24.0 Å². The van der Waals surface area contributed by atoms with Crippen LogP contribution in [0.1, 0.15) is 61.3 Å². The molecule has 0 spiro atoms. The van der Waals surface area contributed by atoms with E-state index >= 15 is 0 Å². The van der Waals surface area contributed by atoms with Gasteiger partial charge in [-0.15, -0.1) is 24.0 Å². The Kier molecular flexibility index (Phi) is 12.0. The summed E-state index contributed by atoms with van der Waals surface area (Å²) >= 11 is 0. The van der Waals surface area contributed by atoms with Crippen molar-refractivity contribution in [2.24, 2.45) is 10.4 Å². The maximum absolute atomic E-state index is 12.0. The molecular weight excluding hydrogens is 409 g/mol. The second kappa shape index (κ2) is 10.8. The fraction of sp³-hybridized carbons (Fsp3) is 0.938. The van der Waals surface area contributed by atoms with Crippen LogP contribution in [0.25, 0.3) is 0 Å². The quantitative estimate of drug-likeness (QED) is 0.374. The molecule has 0 aliphatic rings. The first kappa shape index (κ1) is 24.4. The summed E-state index contributed by atoms with van der Waals surface area (Å²) in [6, 6.07) is 0.378. The van der Waals surface area contributed by atoms with Crippen LogP contribution in [0.5, 0.6) is 0 Å². The van der Waals surface area contributed by atoms with Crippen molar-refractivity contribution < 1.29 is 4.21 Å². The molecule has 0 rings (SSSR count). The van der Waals surface area contributed by atoms with Gasteiger partial charge in [0.1, 0.15) is 0 Å². The van der Waals surface area contributed by atoms with Crippen LogP contribution in [-0.2, 0) is 10.8 Å². The molecule has 0 amide bonds. The summed E-state index contributed by atoms with van der Waals surface area (Å²) in [5, 5.41) is 6.64. The van der Waals surface area contributed by atoms with Crippen molar-refractivity contribution in [1.82, 2.24) is 10.6 Å². The Morgan fingerprint density at radius 1 is 1.18 bits per heavy atom. The van der Waals surface area contributed by atoms with Gasteiger partial charge in [-0.05, 0) is 46.0 Å². The van der Waals surface area contributed by atoms with Gasteiger partial charge in [0.25, 0.3) is 0 Å². The van der Waals surface area contributed by atoms with Crippen molar-refractivity contribution in [3.63, 3.8) is 0 Å². The SMILES string of the molecule is CN=C(NCCS(=O)C(C)(C)C)NC(C)CCC(C)(C)C.I. The van der Waals surface area contributed by atoms with Crippen molar-refractivity contribution in [2.45, 2.75) is 72.1 Å². The van der Waals surface area contributed by atoms with Crippen molar-refractivity contribution in [2.75, 3.05) is 19.3 Å². The van der Waals surface area contributed by atoms with E-state index in [1.54, 1.807) is 7.05 Å². The highest BCUT2D eigenvalue weighted by atomic mass is 127. The normalized spacial score (nSPS) is 15.7. The van der Waals surface area contributed by atoms with Gasteiger partial charge in [0.05, 0.1) is 0 Å². The van der Waals surface area contributed by atoms with Gasteiger partial charge in [0, 0.05) is 40.9 Å². The molecule has 0 aliphatic heterocycles. The number of rotatable bonds is 6. The lowest BCUT2D eigenvalue weighted by Gasteiger charge is -2.23. The number of nitrogens with one attached hydrogen (secondary N) is 2. The molecule has 2 unspecified atom stereocenters. The molecule has 134 valence electrons. The molecule has 0 aromatic heterocycles. The molecule has 4 nitrogen and oxygen atoms in total. The first-order chi connectivity index (χ1) is 9.45. The highest BCUT2D eigenvalue weighted by Crippen LogP contribution is 2.21. The van der Waals surface area contributed by atoms with Gasteiger partial charge in [0.15, 0.2) is 5.96 Å². The van der Waals surface area contributed by atoms with E-state index in [1.165, 1.54) is 6.42 Å². The minimum Gasteiger partial charge on any atom is -0.355 e. The Balaban J connectivity index is 0. The van der Waals surface area contributed by atoms with E-state index in [2.05, 4.69) is 43.3 Å². The average Bonchev–Trinajstić information content (AvgIpc) is 2.32. The van der Waals surface area contributed by atoms with Crippen LogP contribution in [0.4, 0.5) is 0 Å². The molecule has 0 saturated heterocycles. The summed E-state index contributed by atoms with van der Waals surface area (Å²) in [5.74, 6) is 1.43. The largest absolute Gasteiger partial charge is 0.355 e. The third-order valence-electron chi connectivity index (χ3n) is 3.20. The van der Waals surface area contributed by atoms with E-state index in [1.807, 2.05) is 20.8 Å². The summed E-state index contributed by atoms with van der Waals surface area (Å²) in [7, 11) is 0.941. The topological polar surface area (TPSA) is 53.5 Å². The van der Waals surface area contributed by atoms with Crippen LogP contribution in [0.15, 0.2) is 4.99 Å². The molecule has 0 bridgehead atoms. The van der Waals surface area contributed by atoms with Crippen molar-refractivity contribution in [3.8, 4) is 0 Å². The Morgan fingerprint density at radius 2 is 1.73 bits per heavy atom. The van der Waals surface area contributed by atoms with Crippen LogP contribution in [0.3, 0.4) is 0 Å². The summed E-state index contributed by atoms with van der Waals surface area (Å²) in [6.07, 6.45) is 2.28. The number of nitrogens with zero attached hydrogens (tertiary/aromatic N) is 1. The van der Waals surface area contributed by atoms with E-state index in [-0.39, 0.29) is 28.7 Å². The monoisotopic (exact) mass is 445 g/mol. The van der Waals surface area contributed by atoms with Gasteiger partial charge in [-0.3, -0.25) is 9.20 Å². The highest BCUT2D eigenvalue weighted by molar-refractivity contribution is 14.0. The standard InChI is InChI=1S/C16H35N3OS.HI/c1-13(9-10-15(2,3)4)19-14(17-8)18-11-12-21(20)16(5,6)7;/h13H,9-12H2,1-8H3,(H2,17,18,19);1H. The predicted molar refractivity (Wildman–Crippen MR) is 111 cm³/mol. The molecule has 0 aliphatic carbocycles. The molecule has 6 heteroatoms. The summed E-state index contributed by atoms with van der Waals surface area (Å²) < 4.78 is 11.8. The smallest absolute Gasteiger partial charge is 0.191 e. The number of hydrogen-bond donors (Lipinski definition) is 2. The maximum Gasteiger partial charge on any atom is 0.191 e. The molecule has 0 aromatic carbocycles. The zero-order valence-electron chi connectivity index (χ0n) is 15.6. The van der Waals surface area contributed by atoms with Crippen LogP contribution in [0, 0.1) is 5.41 Å². The number of guanidine groups is 1. The van der Waals surface area contributed by atoms with Gasteiger partial charge in [-0.1, -0.05) is 20.8 Å². The molecule has 0 radical (unpaired) electrons. The highest BCUT2D eigenvalue weighted by Gasteiger charge is 2.19. The van der Waals surface area contributed by atoms with E-state index < -0.39 is 10.8 Å². The van der Waals surface area contributed by atoms with Gasteiger partial charge in [0.2, 0.25) is 0 Å². The van der Waals surface area contributed by atoms with Gasteiger partial charge < -0.3 is 10.6 Å². The number of aliphatic imine (C=N–C) groups is 1. The first-order valence-electron chi connectivity index (χ1n) is 7.81. The lowest BCUT2D eigenvalue weighted by molar-refractivity contribution is 0.346. The number of halogens is 1. The molecule has 2 N–H and O–H groups in total. The van der Waals surface area contributed by atoms with Crippen LogP contribution in [0.2, 0.25) is 0 Å². The third-order valence-corrected chi connectivity index (χ3v) is 5.14. The lowest BCUT2D eigenvalue weighted by Crippen LogP contribution is -2.44. The fourth-order valence-electron chi connectivity index (χ4n) is 1.72. The fourth-order valence-corrected chi connectivity index (χ4v) is 2.62. The molecular formula is C16H36IN3OS. The van der Waals surface area contributed by atoms with Crippen LogP contribution in [-0.4, -0.2) is 40.3 Å². The van der Waals surface area contributed by atoms with E-state index in [0.717, 1.165) is 12.4 Å². The summed E-state index contributed by atoms with van der Waals surface area (Å²) in [6.45, 7) is 15.6. The molecule has 0 saturated carbocycles. The van der Waals surface area contributed by atoms with Crippen LogP contribution < -0.4 is 10.6 Å². The Hall–Kier alpha value is 0.150. The molecule has 0 fully saturated rings. The maximum atomic E-state index is 12.0. The Bertz CT molecular complexity index is 359. The first-order valence-corrected chi connectivity index (χ1v) is 9.13. The van der Waals surface area contributed by atoms with Gasteiger partial charge >= 0.3 is 0 Å². The summed E-state index contributed by atoms with van der Waals surface area (Å²) in [4.78, 5) is 4.23. The van der Waals surface area contributed by atoms with Gasteiger partial charge in [-0.25, -0.2) is 0 Å². The van der Waals surface area contributed by atoms with E-state index in [9.17, 15) is 4.21 Å². The predicted octanol–water partition coefficient (Wildman–Crippen LogP) is 3.53. The Morgan fingerprint density at radius 3 is 2.14 bits per heavy atom. The average molecular weight is 445 g/mol. The van der Waals surface area contributed by atoms with E-state index in [4.69, 9.17) is 0 Å². The van der Waals surface area contributed by atoms with Gasteiger partial charge in [-0.2, -0.15) is 0 Å². The lowest BCUT2D eigenvalue weighted by atomic mass is 9.89. The molecule has 2 atom stereocenters. The minimum absolute atomic E-state index is 0. The zero-order chi connectivity index (χ0) is 16.7. The van der Waals surface area contributed by atoms with Crippen molar-refractivity contribution >= 4 is 40.7 Å². The second-order valence-electron chi connectivity index (χ2n) is 7.81. The Labute approximate surface area is 157 Å². The minimum atomic E-state index is -0.829. The molecule has 0 aromatic rings. The molecule has 0 heterocycles. The third kappa shape index (κ3) is 12.7. The van der Waals surface area contributed by atoms with Crippen molar-refractivity contribution in [1.29, 1.82) is 0 Å². The number of hydrogen-bond acceptors (Lipinski definition) is 2. The second-order valence-corrected chi connectivity index (χ2v) is 10.1. The zero-order valence-corrected chi connectivity index (χ0v) is 18.7.